The first-order valence-corrected chi connectivity index (χ1v) is 7.28. The molecule has 2 unspecified atom stereocenters. The summed E-state index contributed by atoms with van der Waals surface area (Å²) in [5.74, 6) is 0.339. The summed E-state index contributed by atoms with van der Waals surface area (Å²) in [4.78, 5) is 4.19. The summed E-state index contributed by atoms with van der Waals surface area (Å²) >= 11 is 0. The molecule has 0 bridgehead atoms. The minimum absolute atomic E-state index is 0.339. The molecule has 2 nitrogen and oxygen atoms in total. The third-order valence-corrected chi connectivity index (χ3v) is 3.94. The Morgan fingerprint density at radius 3 is 2.79 bits per heavy atom. The van der Waals surface area contributed by atoms with Gasteiger partial charge < -0.3 is 5.11 Å². The fourth-order valence-electron chi connectivity index (χ4n) is 2.70. The van der Waals surface area contributed by atoms with E-state index in [0.29, 0.717) is 5.92 Å². The number of pyridine rings is 1. The molecule has 0 saturated carbocycles. The van der Waals surface area contributed by atoms with Gasteiger partial charge in [0.05, 0.1) is 6.10 Å². The highest BCUT2D eigenvalue weighted by Gasteiger charge is 2.20. The van der Waals surface area contributed by atoms with Crippen LogP contribution in [0.3, 0.4) is 0 Å². The van der Waals surface area contributed by atoms with Crippen LogP contribution in [-0.4, -0.2) is 10.1 Å². The summed E-state index contributed by atoms with van der Waals surface area (Å²) in [6.07, 6.45) is 7.74. The van der Waals surface area contributed by atoms with E-state index >= 15 is 0 Å². The number of unbranched alkanes of at least 4 members (excludes halogenated alkanes) is 1. The first-order valence-electron chi connectivity index (χ1n) is 7.28. The van der Waals surface area contributed by atoms with Gasteiger partial charge in [0.15, 0.2) is 0 Å². The van der Waals surface area contributed by atoms with Crippen molar-refractivity contribution >= 4 is 10.8 Å². The third-order valence-electron chi connectivity index (χ3n) is 3.94. The molecule has 102 valence electrons. The lowest BCUT2D eigenvalue weighted by molar-refractivity contribution is 0.100. The Hall–Kier alpha value is -1.41. The van der Waals surface area contributed by atoms with Crippen molar-refractivity contribution in [2.24, 2.45) is 5.92 Å². The van der Waals surface area contributed by atoms with Gasteiger partial charge in [0.25, 0.3) is 0 Å². The second-order valence-electron chi connectivity index (χ2n) is 5.20. The van der Waals surface area contributed by atoms with Crippen molar-refractivity contribution in [3.8, 4) is 0 Å². The molecule has 1 aromatic heterocycles. The molecule has 2 aromatic rings. The van der Waals surface area contributed by atoms with E-state index in [-0.39, 0.29) is 6.10 Å². The lowest BCUT2D eigenvalue weighted by Gasteiger charge is -2.23. The van der Waals surface area contributed by atoms with E-state index in [1.807, 2.05) is 24.4 Å². The predicted molar refractivity (Wildman–Crippen MR) is 80.0 cm³/mol. The maximum atomic E-state index is 10.7. The minimum Gasteiger partial charge on any atom is -0.388 e. The second-order valence-corrected chi connectivity index (χ2v) is 5.20. The maximum Gasteiger partial charge on any atom is 0.0824 e. The molecule has 0 aliphatic carbocycles. The van der Waals surface area contributed by atoms with Gasteiger partial charge in [0.1, 0.15) is 0 Å². The molecule has 1 heterocycles. The van der Waals surface area contributed by atoms with Gasteiger partial charge in [-0.15, -0.1) is 0 Å². The van der Waals surface area contributed by atoms with Crippen molar-refractivity contribution in [1.29, 1.82) is 0 Å². The zero-order chi connectivity index (χ0) is 13.7. The summed E-state index contributed by atoms with van der Waals surface area (Å²) in [7, 11) is 0. The van der Waals surface area contributed by atoms with Crippen molar-refractivity contribution in [2.45, 2.75) is 45.6 Å². The molecular formula is C17H23NO. The van der Waals surface area contributed by atoms with Crippen LogP contribution in [0.4, 0.5) is 0 Å². The van der Waals surface area contributed by atoms with Crippen LogP contribution in [-0.2, 0) is 0 Å². The zero-order valence-corrected chi connectivity index (χ0v) is 11.8. The summed E-state index contributed by atoms with van der Waals surface area (Å²) in [5, 5.41) is 12.9. The number of hydrogen-bond donors (Lipinski definition) is 1. The van der Waals surface area contributed by atoms with Crippen LogP contribution in [0.5, 0.6) is 0 Å². The standard InChI is InChI=1S/C17H23NO/c1-3-5-7-13(4-2)17(19)15-9-6-8-14-10-11-18-12-16(14)15/h6,8-13,17,19H,3-5,7H2,1-2H3. The predicted octanol–water partition coefficient (Wildman–Crippen LogP) is 4.48. The summed E-state index contributed by atoms with van der Waals surface area (Å²) in [5.41, 5.74) is 1.02. The van der Waals surface area contributed by atoms with Crippen LogP contribution in [0.2, 0.25) is 0 Å². The van der Waals surface area contributed by atoms with Crippen molar-refractivity contribution in [3.05, 3.63) is 42.2 Å². The molecule has 2 heteroatoms. The van der Waals surface area contributed by atoms with Crippen LogP contribution < -0.4 is 0 Å². The SMILES string of the molecule is CCCCC(CC)C(O)c1cccc2ccncc12. The van der Waals surface area contributed by atoms with Gasteiger partial charge in [0, 0.05) is 17.8 Å². The first-order chi connectivity index (χ1) is 9.27. The average molecular weight is 257 g/mol. The molecule has 1 aromatic carbocycles. The minimum atomic E-state index is -0.385. The van der Waals surface area contributed by atoms with Gasteiger partial charge in [0.2, 0.25) is 0 Å². The Morgan fingerprint density at radius 1 is 1.21 bits per heavy atom. The molecule has 0 fully saturated rings. The molecule has 0 aliphatic heterocycles. The number of fused-ring (bicyclic) bond motifs is 1. The molecule has 19 heavy (non-hydrogen) atoms. The molecule has 2 rings (SSSR count). The smallest absolute Gasteiger partial charge is 0.0824 e. The Kier molecular flexibility index (Phi) is 4.92. The lowest BCUT2D eigenvalue weighted by Crippen LogP contribution is -2.12. The van der Waals surface area contributed by atoms with E-state index in [1.165, 1.54) is 12.8 Å². The zero-order valence-electron chi connectivity index (χ0n) is 11.8. The lowest BCUT2D eigenvalue weighted by atomic mass is 9.87. The average Bonchev–Trinajstić information content (AvgIpc) is 2.47. The fourth-order valence-corrected chi connectivity index (χ4v) is 2.70. The molecule has 0 aliphatic rings. The van der Waals surface area contributed by atoms with Crippen molar-refractivity contribution in [1.82, 2.24) is 4.98 Å². The van der Waals surface area contributed by atoms with Gasteiger partial charge >= 0.3 is 0 Å². The number of hydrogen-bond acceptors (Lipinski definition) is 2. The summed E-state index contributed by atoms with van der Waals surface area (Å²) in [6.45, 7) is 4.36. The van der Waals surface area contributed by atoms with E-state index in [1.54, 1.807) is 6.20 Å². The number of nitrogens with zero attached hydrogens (tertiary/aromatic N) is 1. The van der Waals surface area contributed by atoms with Crippen LogP contribution >= 0.6 is 0 Å². The number of rotatable bonds is 6. The normalized spacial score (nSPS) is 14.5. The number of aliphatic hydroxyl groups excluding tert-OH is 1. The highest BCUT2D eigenvalue weighted by atomic mass is 16.3. The van der Waals surface area contributed by atoms with Crippen LogP contribution in [0.15, 0.2) is 36.7 Å². The molecule has 0 spiro atoms. The second kappa shape index (κ2) is 6.67. The molecule has 1 N–H and O–H groups in total. The largest absolute Gasteiger partial charge is 0.388 e. The highest BCUT2D eigenvalue weighted by Crippen LogP contribution is 2.32. The van der Waals surface area contributed by atoms with Crippen LogP contribution in [0.1, 0.15) is 51.2 Å². The van der Waals surface area contributed by atoms with E-state index in [9.17, 15) is 5.11 Å². The Balaban J connectivity index is 2.31. The third kappa shape index (κ3) is 3.13. The Labute approximate surface area is 115 Å². The van der Waals surface area contributed by atoms with E-state index in [2.05, 4.69) is 24.9 Å². The summed E-state index contributed by atoms with van der Waals surface area (Å²) in [6, 6.07) is 8.12. The quantitative estimate of drug-likeness (QED) is 0.827. The number of benzene rings is 1. The van der Waals surface area contributed by atoms with Crippen LogP contribution in [0.25, 0.3) is 10.8 Å². The van der Waals surface area contributed by atoms with Gasteiger partial charge in [-0.1, -0.05) is 51.3 Å². The number of aromatic nitrogens is 1. The first kappa shape index (κ1) is 14.0. The number of aliphatic hydroxyl groups is 1. The van der Waals surface area contributed by atoms with Crippen molar-refractivity contribution in [2.75, 3.05) is 0 Å². The van der Waals surface area contributed by atoms with E-state index in [0.717, 1.165) is 29.2 Å². The molecule has 2 atom stereocenters. The monoisotopic (exact) mass is 257 g/mol. The van der Waals surface area contributed by atoms with Gasteiger partial charge in [-0.05, 0) is 29.4 Å². The van der Waals surface area contributed by atoms with Crippen molar-refractivity contribution in [3.63, 3.8) is 0 Å². The van der Waals surface area contributed by atoms with Gasteiger partial charge in [-0.2, -0.15) is 0 Å². The van der Waals surface area contributed by atoms with E-state index in [4.69, 9.17) is 0 Å². The maximum absolute atomic E-state index is 10.7. The topological polar surface area (TPSA) is 33.1 Å². The summed E-state index contributed by atoms with van der Waals surface area (Å²) < 4.78 is 0. The van der Waals surface area contributed by atoms with Gasteiger partial charge in [-0.25, -0.2) is 0 Å². The Morgan fingerprint density at radius 2 is 2.05 bits per heavy atom. The van der Waals surface area contributed by atoms with E-state index < -0.39 is 0 Å². The molecule has 0 saturated heterocycles. The van der Waals surface area contributed by atoms with Crippen molar-refractivity contribution < 1.29 is 5.11 Å². The fraction of sp³-hybridized carbons (Fsp3) is 0.471. The molecule has 0 radical (unpaired) electrons. The van der Waals surface area contributed by atoms with Crippen LogP contribution in [0, 0.1) is 5.92 Å². The molecular weight excluding hydrogens is 234 g/mol. The Bertz CT molecular complexity index is 518. The highest BCUT2D eigenvalue weighted by molar-refractivity contribution is 5.85. The molecule has 0 amide bonds. The van der Waals surface area contributed by atoms with Gasteiger partial charge in [-0.3, -0.25) is 4.98 Å².